The van der Waals surface area contributed by atoms with E-state index >= 15 is 0 Å². The lowest BCUT2D eigenvalue weighted by molar-refractivity contribution is -0.138. The molecule has 0 aromatic heterocycles. The minimum Gasteiger partial charge on any atom is -0.490 e. The van der Waals surface area contributed by atoms with Gasteiger partial charge in [-0.25, -0.2) is 0 Å². The normalized spacial score (nSPS) is 12.0. The highest BCUT2D eigenvalue weighted by molar-refractivity contribution is 9.10. The first-order chi connectivity index (χ1) is 8.51. The van der Waals surface area contributed by atoms with Gasteiger partial charge in [-0.05, 0) is 47.5 Å². The van der Waals surface area contributed by atoms with Crippen molar-refractivity contribution >= 4 is 21.9 Å². The lowest BCUT2D eigenvalue weighted by Gasteiger charge is -2.16. The number of nitrogens with two attached hydrogens (primary N) is 1. The van der Waals surface area contributed by atoms with Gasteiger partial charge in [0.05, 0.1) is 17.7 Å². The molecule has 1 aromatic carbocycles. The van der Waals surface area contributed by atoms with Gasteiger partial charge in [-0.2, -0.15) is 0 Å². The van der Waals surface area contributed by atoms with E-state index in [1.165, 1.54) is 0 Å². The third-order valence-corrected chi connectivity index (χ3v) is 2.83. The molecule has 6 heteroatoms. The van der Waals surface area contributed by atoms with Gasteiger partial charge in [0.15, 0.2) is 11.5 Å². The first-order valence-corrected chi connectivity index (χ1v) is 6.37. The van der Waals surface area contributed by atoms with Gasteiger partial charge in [0.1, 0.15) is 6.04 Å². The molecule has 0 saturated carbocycles. The molecule has 0 unspecified atom stereocenters. The minimum absolute atomic E-state index is 0.457. The number of carboxylic acids is 1. The van der Waals surface area contributed by atoms with E-state index in [0.29, 0.717) is 34.7 Å². The molecule has 0 heterocycles. The number of ether oxygens (including phenoxy) is 2. The van der Waals surface area contributed by atoms with Crippen LogP contribution in [0.5, 0.6) is 11.5 Å². The molecule has 0 aliphatic carbocycles. The van der Waals surface area contributed by atoms with Crippen LogP contribution in [0.3, 0.4) is 0 Å². The zero-order valence-electron chi connectivity index (χ0n) is 10.3. The minimum atomic E-state index is -1.09. The molecule has 0 bridgehead atoms. The molecule has 5 nitrogen and oxygen atoms in total. The standard InChI is InChI=1S/C12H16BrNO4/c1-3-17-9-6-7(10(14)12(15)16)5-8(13)11(9)18-4-2/h5-6,10H,3-4,14H2,1-2H3,(H,15,16)/t10-/m0/s1. The molecule has 100 valence electrons. The van der Waals surface area contributed by atoms with Crippen molar-refractivity contribution in [2.75, 3.05) is 13.2 Å². The van der Waals surface area contributed by atoms with Crippen LogP contribution < -0.4 is 15.2 Å². The summed E-state index contributed by atoms with van der Waals surface area (Å²) in [5, 5.41) is 8.91. The second kappa shape index (κ2) is 6.61. The Hall–Kier alpha value is -1.27. The van der Waals surface area contributed by atoms with Crippen LogP contribution in [0.4, 0.5) is 0 Å². The molecule has 3 N–H and O–H groups in total. The highest BCUT2D eigenvalue weighted by Gasteiger charge is 2.19. The van der Waals surface area contributed by atoms with E-state index in [4.69, 9.17) is 20.3 Å². The van der Waals surface area contributed by atoms with E-state index in [2.05, 4.69) is 15.9 Å². The maximum Gasteiger partial charge on any atom is 0.325 e. The molecular formula is C12H16BrNO4. The van der Waals surface area contributed by atoms with Gasteiger partial charge >= 0.3 is 5.97 Å². The van der Waals surface area contributed by atoms with Gasteiger partial charge in [-0.3, -0.25) is 4.79 Å². The smallest absolute Gasteiger partial charge is 0.325 e. The van der Waals surface area contributed by atoms with Crippen LogP contribution >= 0.6 is 15.9 Å². The number of benzene rings is 1. The topological polar surface area (TPSA) is 81.8 Å². The summed E-state index contributed by atoms with van der Waals surface area (Å²) in [6, 6.07) is 2.14. The fourth-order valence-electron chi connectivity index (χ4n) is 1.46. The monoisotopic (exact) mass is 317 g/mol. The lowest BCUT2D eigenvalue weighted by Crippen LogP contribution is -2.20. The van der Waals surface area contributed by atoms with Crippen molar-refractivity contribution in [3.05, 3.63) is 22.2 Å². The Kier molecular flexibility index (Phi) is 5.43. The summed E-state index contributed by atoms with van der Waals surface area (Å²) in [7, 11) is 0. The van der Waals surface area contributed by atoms with E-state index < -0.39 is 12.0 Å². The summed E-state index contributed by atoms with van der Waals surface area (Å²) in [6.45, 7) is 4.65. The summed E-state index contributed by atoms with van der Waals surface area (Å²) in [5.41, 5.74) is 6.04. The third-order valence-electron chi connectivity index (χ3n) is 2.25. The first-order valence-electron chi connectivity index (χ1n) is 5.58. The fraction of sp³-hybridized carbons (Fsp3) is 0.417. The Labute approximate surface area is 114 Å². The number of hydrogen-bond donors (Lipinski definition) is 2. The molecule has 0 amide bonds. The van der Waals surface area contributed by atoms with E-state index in [9.17, 15) is 4.79 Å². The number of hydrogen-bond acceptors (Lipinski definition) is 4. The Morgan fingerprint density at radius 1 is 1.39 bits per heavy atom. The molecule has 0 aliphatic heterocycles. The summed E-state index contributed by atoms with van der Waals surface area (Å²) in [5.74, 6) is -0.0466. The van der Waals surface area contributed by atoms with Crippen LogP contribution in [-0.4, -0.2) is 24.3 Å². The van der Waals surface area contributed by atoms with E-state index in [1.807, 2.05) is 13.8 Å². The Morgan fingerprint density at radius 3 is 2.50 bits per heavy atom. The van der Waals surface area contributed by atoms with Crippen molar-refractivity contribution < 1.29 is 19.4 Å². The van der Waals surface area contributed by atoms with Crippen LogP contribution in [-0.2, 0) is 4.79 Å². The van der Waals surface area contributed by atoms with Gasteiger partial charge in [-0.1, -0.05) is 0 Å². The van der Waals surface area contributed by atoms with E-state index in [0.717, 1.165) is 0 Å². The van der Waals surface area contributed by atoms with Crippen molar-refractivity contribution in [1.29, 1.82) is 0 Å². The van der Waals surface area contributed by atoms with Gasteiger partial charge in [0.2, 0.25) is 0 Å². The summed E-state index contributed by atoms with van der Waals surface area (Å²) < 4.78 is 11.5. The van der Waals surface area contributed by atoms with Gasteiger partial charge < -0.3 is 20.3 Å². The molecule has 18 heavy (non-hydrogen) atoms. The average Bonchev–Trinajstić information content (AvgIpc) is 2.32. The summed E-state index contributed by atoms with van der Waals surface area (Å²) >= 11 is 3.33. The van der Waals surface area contributed by atoms with Crippen molar-refractivity contribution in [2.24, 2.45) is 5.73 Å². The average molecular weight is 318 g/mol. The third kappa shape index (κ3) is 3.36. The Morgan fingerprint density at radius 2 is 2.00 bits per heavy atom. The number of carbonyl (C=O) groups is 1. The SMILES string of the molecule is CCOc1cc([C@H](N)C(=O)O)cc(Br)c1OCC. The molecule has 1 aromatic rings. The quantitative estimate of drug-likeness (QED) is 0.841. The van der Waals surface area contributed by atoms with Gasteiger partial charge in [0, 0.05) is 0 Å². The number of aliphatic carboxylic acids is 1. The molecule has 0 radical (unpaired) electrons. The molecule has 0 spiro atoms. The molecule has 1 atom stereocenters. The van der Waals surface area contributed by atoms with Crippen LogP contribution in [0.25, 0.3) is 0 Å². The predicted molar refractivity (Wildman–Crippen MR) is 71.0 cm³/mol. The maximum absolute atomic E-state index is 10.9. The van der Waals surface area contributed by atoms with E-state index in [-0.39, 0.29) is 0 Å². The maximum atomic E-state index is 10.9. The second-order valence-electron chi connectivity index (χ2n) is 3.51. The van der Waals surface area contributed by atoms with E-state index in [1.54, 1.807) is 12.1 Å². The number of carboxylic acid groups (broad SMARTS) is 1. The molecular weight excluding hydrogens is 302 g/mol. The van der Waals surface area contributed by atoms with Crippen molar-refractivity contribution in [1.82, 2.24) is 0 Å². The second-order valence-corrected chi connectivity index (χ2v) is 4.37. The highest BCUT2D eigenvalue weighted by atomic mass is 79.9. The zero-order valence-corrected chi connectivity index (χ0v) is 11.9. The van der Waals surface area contributed by atoms with Crippen molar-refractivity contribution in [3.63, 3.8) is 0 Å². The largest absolute Gasteiger partial charge is 0.490 e. The Bertz CT molecular complexity index is 436. The first kappa shape index (κ1) is 14.8. The molecule has 1 rings (SSSR count). The number of halogens is 1. The Balaban J connectivity index is 3.21. The van der Waals surface area contributed by atoms with Crippen LogP contribution in [0.15, 0.2) is 16.6 Å². The van der Waals surface area contributed by atoms with Crippen LogP contribution in [0.1, 0.15) is 25.5 Å². The van der Waals surface area contributed by atoms with Gasteiger partial charge in [0.25, 0.3) is 0 Å². The predicted octanol–water partition coefficient (Wildman–Crippen LogP) is 2.33. The molecule has 0 aliphatic rings. The summed E-state index contributed by atoms with van der Waals surface area (Å²) in [4.78, 5) is 10.9. The van der Waals surface area contributed by atoms with Crippen molar-refractivity contribution in [2.45, 2.75) is 19.9 Å². The number of rotatable bonds is 6. The highest BCUT2D eigenvalue weighted by Crippen LogP contribution is 2.38. The van der Waals surface area contributed by atoms with Gasteiger partial charge in [-0.15, -0.1) is 0 Å². The molecule has 0 saturated heterocycles. The fourth-order valence-corrected chi connectivity index (χ4v) is 2.03. The van der Waals surface area contributed by atoms with Crippen LogP contribution in [0, 0.1) is 0 Å². The van der Waals surface area contributed by atoms with Crippen LogP contribution in [0.2, 0.25) is 0 Å². The summed E-state index contributed by atoms with van der Waals surface area (Å²) in [6.07, 6.45) is 0. The molecule has 0 fully saturated rings. The van der Waals surface area contributed by atoms with Crippen molar-refractivity contribution in [3.8, 4) is 11.5 Å². The lowest BCUT2D eigenvalue weighted by atomic mass is 10.1. The zero-order chi connectivity index (χ0) is 13.7.